The molecule has 0 aliphatic carbocycles. The van der Waals surface area contributed by atoms with Crippen molar-refractivity contribution in [1.82, 2.24) is 4.90 Å². The summed E-state index contributed by atoms with van der Waals surface area (Å²) in [6.07, 6.45) is 0.163. The number of carbonyl (C=O) groups is 1. The lowest BCUT2D eigenvalue weighted by Gasteiger charge is -2.24. The average Bonchev–Trinajstić information content (AvgIpc) is 3.35. The minimum absolute atomic E-state index is 0.0715. The number of anilines is 2. The lowest BCUT2D eigenvalue weighted by Crippen LogP contribution is -2.31. The number of para-hydroxylation sites is 2. The smallest absolute Gasteiger partial charge is 0.266 e. The predicted octanol–water partition coefficient (Wildman–Crippen LogP) is 3.49. The van der Waals surface area contributed by atoms with E-state index in [1.54, 1.807) is 49.4 Å². The Kier molecular flexibility index (Phi) is 5.83. The van der Waals surface area contributed by atoms with Gasteiger partial charge in [-0.15, -0.1) is 0 Å². The van der Waals surface area contributed by atoms with E-state index in [9.17, 15) is 13.2 Å². The number of hydrogen-bond acceptors (Lipinski definition) is 6. The van der Waals surface area contributed by atoms with Crippen LogP contribution < -0.4 is 9.62 Å². The summed E-state index contributed by atoms with van der Waals surface area (Å²) >= 11 is 1.51. The highest BCUT2D eigenvalue weighted by molar-refractivity contribution is 8.16. The molecule has 0 radical (unpaired) electrons. The SMILES string of the molecule is CCN(c1ccccc1)S(=O)(=O)c1ccccc1NC(=O)CC1=CSC2=NCCN12. The third-order valence-corrected chi connectivity index (χ3v) is 7.76. The first kappa shape index (κ1) is 20.5. The van der Waals surface area contributed by atoms with Gasteiger partial charge in [-0.2, -0.15) is 0 Å². The zero-order valence-electron chi connectivity index (χ0n) is 16.5. The molecule has 9 heteroatoms. The Morgan fingerprint density at radius 3 is 2.67 bits per heavy atom. The number of amidine groups is 1. The molecule has 4 rings (SSSR count). The summed E-state index contributed by atoms with van der Waals surface area (Å²) in [4.78, 5) is 19.2. The Morgan fingerprint density at radius 2 is 1.90 bits per heavy atom. The van der Waals surface area contributed by atoms with Crippen LogP contribution in [0.3, 0.4) is 0 Å². The van der Waals surface area contributed by atoms with Crippen LogP contribution in [0.2, 0.25) is 0 Å². The molecule has 0 saturated carbocycles. The molecule has 30 heavy (non-hydrogen) atoms. The van der Waals surface area contributed by atoms with E-state index in [1.165, 1.54) is 22.1 Å². The quantitative estimate of drug-likeness (QED) is 0.710. The van der Waals surface area contributed by atoms with Gasteiger partial charge < -0.3 is 10.2 Å². The van der Waals surface area contributed by atoms with Gasteiger partial charge in [-0.05, 0) is 36.6 Å². The monoisotopic (exact) mass is 442 g/mol. The molecule has 0 fully saturated rings. The molecule has 2 aromatic rings. The van der Waals surface area contributed by atoms with Crippen molar-refractivity contribution in [2.75, 3.05) is 29.3 Å². The lowest BCUT2D eigenvalue weighted by atomic mass is 10.2. The van der Waals surface area contributed by atoms with Gasteiger partial charge >= 0.3 is 0 Å². The van der Waals surface area contributed by atoms with Crippen LogP contribution in [0.5, 0.6) is 0 Å². The Hall–Kier alpha value is -2.78. The Labute approximate surface area is 180 Å². The predicted molar refractivity (Wildman–Crippen MR) is 121 cm³/mol. The van der Waals surface area contributed by atoms with Crippen LogP contribution in [-0.2, 0) is 14.8 Å². The van der Waals surface area contributed by atoms with E-state index >= 15 is 0 Å². The summed E-state index contributed by atoms with van der Waals surface area (Å²) in [5, 5.41) is 5.64. The normalized spacial score (nSPS) is 15.4. The van der Waals surface area contributed by atoms with Gasteiger partial charge in [0, 0.05) is 18.8 Å². The van der Waals surface area contributed by atoms with Crippen LogP contribution in [0.15, 0.2) is 75.6 Å². The fourth-order valence-electron chi connectivity index (χ4n) is 3.47. The summed E-state index contributed by atoms with van der Waals surface area (Å²) in [6, 6.07) is 15.4. The largest absolute Gasteiger partial charge is 0.325 e. The number of sulfonamides is 1. The van der Waals surface area contributed by atoms with Crippen molar-refractivity contribution in [2.45, 2.75) is 18.2 Å². The van der Waals surface area contributed by atoms with Crippen molar-refractivity contribution < 1.29 is 13.2 Å². The number of benzene rings is 2. The number of nitrogens with zero attached hydrogens (tertiary/aromatic N) is 3. The van der Waals surface area contributed by atoms with Gasteiger partial charge in [-0.25, -0.2) is 8.42 Å². The van der Waals surface area contributed by atoms with E-state index in [0.717, 1.165) is 24.0 Å². The van der Waals surface area contributed by atoms with E-state index < -0.39 is 10.0 Å². The van der Waals surface area contributed by atoms with Crippen LogP contribution in [0.25, 0.3) is 0 Å². The van der Waals surface area contributed by atoms with Crippen molar-refractivity contribution in [3.63, 3.8) is 0 Å². The number of nitrogens with one attached hydrogen (secondary N) is 1. The molecule has 7 nitrogen and oxygen atoms in total. The average molecular weight is 443 g/mol. The maximum Gasteiger partial charge on any atom is 0.266 e. The standard InChI is InChI=1S/C21H22N4O3S2/c1-2-25(16-8-4-3-5-9-16)30(27,28)19-11-7-6-10-18(19)23-20(26)14-17-15-29-21-22-12-13-24(17)21/h3-11,15H,2,12-14H2,1H3,(H,23,26). The minimum atomic E-state index is -3.85. The summed E-state index contributed by atoms with van der Waals surface area (Å²) < 4.78 is 28.1. The molecule has 0 bridgehead atoms. The Balaban J connectivity index is 1.56. The van der Waals surface area contributed by atoms with Crippen molar-refractivity contribution in [2.24, 2.45) is 4.99 Å². The molecule has 0 unspecified atom stereocenters. The molecule has 0 aromatic heterocycles. The molecular weight excluding hydrogens is 420 g/mol. The molecule has 0 saturated heterocycles. The van der Waals surface area contributed by atoms with Gasteiger partial charge in [0.2, 0.25) is 5.91 Å². The molecule has 1 amide bonds. The van der Waals surface area contributed by atoms with E-state index in [-0.39, 0.29) is 29.5 Å². The van der Waals surface area contributed by atoms with Crippen LogP contribution in [0, 0.1) is 0 Å². The number of rotatable bonds is 7. The minimum Gasteiger partial charge on any atom is -0.325 e. The first-order valence-corrected chi connectivity index (χ1v) is 12.0. The molecular formula is C21H22N4O3S2. The highest BCUT2D eigenvalue weighted by atomic mass is 32.2. The summed E-state index contributed by atoms with van der Waals surface area (Å²) in [6.45, 7) is 3.56. The third kappa shape index (κ3) is 3.95. The van der Waals surface area contributed by atoms with Crippen molar-refractivity contribution in [1.29, 1.82) is 0 Å². The molecule has 0 spiro atoms. The number of carbonyl (C=O) groups excluding carboxylic acids is 1. The third-order valence-electron chi connectivity index (χ3n) is 4.85. The summed E-state index contributed by atoms with van der Waals surface area (Å²) in [5.41, 5.74) is 1.74. The highest BCUT2D eigenvalue weighted by Gasteiger charge is 2.29. The molecule has 0 atom stereocenters. The Morgan fingerprint density at radius 1 is 1.17 bits per heavy atom. The number of aliphatic imine (C=N–C) groups is 1. The molecule has 156 valence electrons. The molecule has 2 aliphatic rings. The van der Waals surface area contributed by atoms with Gasteiger partial charge in [-0.1, -0.05) is 42.1 Å². The van der Waals surface area contributed by atoms with Gasteiger partial charge in [0.15, 0.2) is 5.17 Å². The lowest BCUT2D eigenvalue weighted by molar-refractivity contribution is -0.115. The summed E-state index contributed by atoms with van der Waals surface area (Å²) in [7, 11) is -3.85. The number of hydrogen-bond donors (Lipinski definition) is 1. The first-order valence-electron chi connectivity index (χ1n) is 9.65. The van der Waals surface area contributed by atoms with Crippen LogP contribution in [-0.4, -0.2) is 44.0 Å². The second-order valence-corrected chi connectivity index (χ2v) is 9.44. The molecule has 2 heterocycles. The number of fused-ring (bicyclic) bond motifs is 1. The topological polar surface area (TPSA) is 82.1 Å². The van der Waals surface area contributed by atoms with Gasteiger partial charge in [0.05, 0.1) is 24.3 Å². The fraction of sp³-hybridized carbons (Fsp3) is 0.238. The second kappa shape index (κ2) is 8.53. The first-order chi connectivity index (χ1) is 14.5. The maximum absolute atomic E-state index is 13.4. The van der Waals surface area contributed by atoms with Crippen LogP contribution >= 0.6 is 11.8 Å². The zero-order valence-corrected chi connectivity index (χ0v) is 18.1. The summed E-state index contributed by atoms with van der Waals surface area (Å²) in [5.74, 6) is -0.264. The van der Waals surface area contributed by atoms with E-state index in [2.05, 4.69) is 10.3 Å². The zero-order chi connectivity index (χ0) is 21.1. The molecule has 1 N–H and O–H groups in total. The second-order valence-electron chi connectivity index (χ2n) is 6.77. The van der Waals surface area contributed by atoms with Gasteiger partial charge in [0.25, 0.3) is 10.0 Å². The van der Waals surface area contributed by atoms with Crippen molar-refractivity contribution in [3.05, 3.63) is 65.7 Å². The van der Waals surface area contributed by atoms with Gasteiger partial charge in [-0.3, -0.25) is 14.1 Å². The number of thioether (sulfide) groups is 1. The van der Waals surface area contributed by atoms with Crippen LogP contribution in [0.1, 0.15) is 13.3 Å². The Bertz CT molecular complexity index is 1110. The van der Waals surface area contributed by atoms with E-state index in [4.69, 9.17) is 0 Å². The van der Waals surface area contributed by atoms with Gasteiger partial charge in [0.1, 0.15) is 4.90 Å². The van der Waals surface area contributed by atoms with E-state index in [1.807, 2.05) is 16.4 Å². The van der Waals surface area contributed by atoms with E-state index in [0.29, 0.717) is 5.69 Å². The fourth-order valence-corrected chi connectivity index (χ4v) is 6.05. The molecule has 2 aromatic carbocycles. The van der Waals surface area contributed by atoms with Crippen molar-refractivity contribution >= 4 is 44.2 Å². The van der Waals surface area contributed by atoms with Crippen molar-refractivity contribution in [3.8, 4) is 0 Å². The van der Waals surface area contributed by atoms with Crippen LogP contribution in [0.4, 0.5) is 11.4 Å². The number of amides is 1. The maximum atomic E-state index is 13.4. The highest BCUT2D eigenvalue weighted by Crippen LogP contribution is 2.32. The molecule has 2 aliphatic heterocycles.